The fraction of sp³-hybridized carbons (Fsp3) is 0. The Morgan fingerprint density at radius 3 is 1.25 bits per heavy atom. The summed E-state index contributed by atoms with van der Waals surface area (Å²) < 4.78 is 0. The quantitative estimate of drug-likeness (QED) is 0.332. The van der Waals surface area contributed by atoms with Crippen LogP contribution < -0.4 is 0 Å². The van der Waals surface area contributed by atoms with Crippen molar-refractivity contribution in [1.82, 2.24) is 0 Å². The molecule has 2 radical (unpaired) electrons. The van der Waals surface area contributed by atoms with Crippen LogP contribution in [0, 0.1) is 0 Å². The first-order chi connectivity index (χ1) is 1.00. The van der Waals surface area contributed by atoms with Crippen molar-refractivity contribution in [2.75, 3.05) is 0 Å². The molecule has 0 aliphatic rings. The van der Waals surface area contributed by atoms with Crippen LogP contribution in [0.4, 0.5) is 0 Å². The molecule has 0 N–H and O–H groups in total. The monoisotopic (exact) mass is 454 g/mol. The van der Waals surface area contributed by atoms with E-state index >= 15 is 0 Å². The molecule has 0 aliphatic heterocycles. The van der Waals surface area contributed by atoms with Crippen LogP contribution in [-0.4, -0.2) is 78.8 Å². The van der Waals surface area contributed by atoms with Crippen LogP contribution in [0.5, 0.6) is 0 Å². The molecule has 0 saturated carbocycles. The van der Waals surface area contributed by atoms with Crippen LogP contribution >= 0.6 is 0 Å². The second-order valence-electron chi connectivity index (χ2n) is 0. The van der Waals surface area contributed by atoms with Gasteiger partial charge < -0.3 is 0 Å². The van der Waals surface area contributed by atoms with Crippen molar-refractivity contribution in [1.29, 1.82) is 0 Å². The van der Waals surface area contributed by atoms with Gasteiger partial charge in [0.05, 0.1) is 0 Å². The van der Waals surface area contributed by atoms with Gasteiger partial charge in [0.2, 0.25) is 0 Å². The molecule has 28 valence electrons. The van der Waals surface area contributed by atoms with Crippen molar-refractivity contribution >= 4 is 78.8 Å². The molecule has 0 fully saturated rings. The van der Waals surface area contributed by atoms with Crippen LogP contribution in [0.1, 0.15) is 0 Å². The van der Waals surface area contributed by atoms with Crippen LogP contribution in [0.3, 0.4) is 0 Å². The average molecular weight is 450 g/mol. The average Bonchev–Trinajstić information content (AvgIpc) is 1.00. The Morgan fingerprint density at radius 1 is 1.25 bits per heavy atom. The van der Waals surface area contributed by atoms with Crippen molar-refractivity contribution in [2.45, 2.75) is 0 Å². The molecule has 0 nitrogen and oxygen atoms in total. The zero-order chi connectivity index (χ0) is 2.00. The first-order valence-corrected chi connectivity index (χ1v) is 11.6. The van der Waals surface area contributed by atoms with E-state index < -0.39 is 0 Å². The number of hydrogen-bond donors (Lipinski definition) is 0. The summed E-state index contributed by atoms with van der Waals surface area (Å²) in [7, 11) is 0. The van der Waals surface area contributed by atoms with Gasteiger partial charge in [0.25, 0.3) is 0 Å². The van der Waals surface area contributed by atoms with Gasteiger partial charge in [-0.15, -0.1) is 0 Å². The van der Waals surface area contributed by atoms with Gasteiger partial charge in [-0.2, -0.15) is 0 Å². The first kappa shape index (κ1) is 15.8. The van der Waals surface area contributed by atoms with E-state index in [0.29, 0.717) is 0 Å². The number of rotatable bonds is 0. The molecule has 0 rings (SSSR count). The Bertz CT molecular complexity index is 8.00. The Kier molecular flexibility index (Phi) is 66.1. The first-order valence-electron chi connectivity index (χ1n) is 0.258. The van der Waals surface area contributed by atoms with Crippen molar-refractivity contribution < 1.29 is 0 Å². The van der Waals surface area contributed by atoms with Gasteiger partial charge in [0, 0.05) is 0 Å². The van der Waals surface area contributed by atoms with Crippen molar-refractivity contribution in [3.05, 3.63) is 0 Å². The minimum atomic E-state index is 0. The molecule has 4 heavy (non-hydrogen) atoms. The number of hydrogen-bond acceptors (Lipinski definition) is 0. The third-order valence-electron chi connectivity index (χ3n) is 0. The molecule has 0 aromatic carbocycles. The summed E-state index contributed by atoms with van der Waals surface area (Å²) in [6.45, 7) is 0. The Labute approximate surface area is 77.2 Å². The zero-order valence-electron chi connectivity index (χ0n) is 1.73. The molecule has 0 bridgehead atoms. The van der Waals surface area contributed by atoms with E-state index in [2.05, 4.69) is 0 Å². The standard InChI is InChI=1S/GeH4.Sb.Sn.H2Te.4H/h1H4;;;1H2;;;;/q;+1;;;;;;/p-1. The Hall–Kier alpha value is 2.95. The summed E-state index contributed by atoms with van der Waals surface area (Å²) in [6.07, 6.45) is 0. The molecule has 0 amide bonds. The fourth-order valence-electron chi connectivity index (χ4n) is 0. The van der Waals surface area contributed by atoms with E-state index in [-0.39, 0.29) is 41.5 Å². The zero-order valence-corrected chi connectivity index (χ0v) is 11.6. The molecule has 0 spiro atoms. The molecular formula is H9GeSbSnTe. The van der Waals surface area contributed by atoms with Crippen LogP contribution in [-0.2, 0) is 0 Å². The van der Waals surface area contributed by atoms with Gasteiger partial charge in [-0.25, -0.2) is 0 Å². The predicted octanol–water partition coefficient (Wildman–Crippen LogP) is -3.93. The van der Waals surface area contributed by atoms with Gasteiger partial charge in [-0.3, -0.25) is 0 Å². The van der Waals surface area contributed by atoms with E-state index in [9.17, 15) is 0 Å². The van der Waals surface area contributed by atoms with Gasteiger partial charge >= 0.3 is 78.8 Å². The Balaban J connectivity index is -0.00000000500. The molecule has 0 aromatic heterocycles. The maximum absolute atomic E-state index is 1.88. The van der Waals surface area contributed by atoms with Crippen molar-refractivity contribution in [3.8, 4) is 0 Å². The third kappa shape index (κ3) is 8.87. The molecular weight excluding hydrogens is 441 g/mol. The predicted molar refractivity (Wildman–Crippen MR) is 35.6 cm³/mol. The molecule has 0 aromatic rings. The van der Waals surface area contributed by atoms with E-state index in [0.717, 1.165) is 0 Å². The van der Waals surface area contributed by atoms with Crippen molar-refractivity contribution in [3.63, 3.8) is 0 Å². The SMILES string of the molecule is [GeH4].[SbH2][TeH].[SnH2]. The van der Waals surface area contributed by atoms with Crippen LogP contribution in [0.2, 0.25) is 0 Å². The maximum atomic E-state index is 1.88. The van der Waals surface area contributed by atoms with Gasteiger partial charge in [-0.05, 0) is 0 Å². The molecule has 4 heteroatoms. The van der Waals surface area contributed by atoms with E-state index in [1.807, 2.05) is 18.2 Å². The molecule has 0 heterocycles. The summed E-state index contributed by atoms with van der Waals surface area (Å²) >= 11 is 3.28. The van der Waals surface area contributed by atoms with Crippen LogP contribution in [0.15, 0.2) is 0 Å². The van der Waals surface area contributed by atoms with E-state index in [4.69, 9.17) is 0 Å². The molecule has 0 atom stereocenters. The second-order valence-corrected chi connectivity index (χ2v) is 0. The third-order valence-corrected chi connectivity index (χ3v) is 0. The second kappa shape index (κ2) is 16.8. The fourth-order valence-corrected chi connectivity index (χ4v) is 0. The molecule has 0 unspecified atom stereocenters. The summed E-state index contributed by atoms with van der Waals surface area (Å²) in [5.41, 5.74) is 0. The van der Waals surface area contributed by atoms with Crippen LogP contribution in [0.25, 0.3) is 0 Å². The summed E-state index contributed by atoms with van der Waals surface area (Å²) in [5.74, 6) is 0. The Morgan fingerprint density at radius 2 is 1.25 bits per heavy atom. The molecule has 0 saturated heterocycles. The minimum absolute atomic E-state index is 0. The normalized spacial score (nSPS) is 1.50. The van der Waals surface area contributed by atoms with E-state index in [1.165, 1.54) is 19.1 Å². The molecule has 0 aliphatic carbocycles. The topological polar surface area (TPSA) is 0 Å². The van der Waals surface area contributed by atoms with Crippen molar-refractivity contribution in [2.24, 2.45) is 0 Å². The summed E-state index contributed by atoms with van der Waals surface area (Å²) in [6, 6.07) is 0. The summed E-state index contributed by atoms with van der Waals surface area (Å²) in [4.78, 5) is 0. The van der Waals surface area contributed by atoms with E-state index in [1.54, 1.807) is 0 Å². The van der Waals surface area contributed by atoms with Gasteiger partial charge in [0.15, 0.2) is 0 Å². The van der Waals surface area contributed by atoms with Gasteiger partial charge in [-0.1, -0.05) is 0 Å². The summed E-state index contributed by atoms with van der Waals surface area (Å²) in [5, 5.41) is 0. The van der Waals surface area contributed by atoms with Gasteiger partial charge in [0.1, 0.15) is 0 Å².